The zero-order valence-corrected chi connectivity index (χ0v) is 30.3. The molecule has 3 aromatic carbocycles. The number of aromatic amines is 1. The van der Waals surface area contributed by atoms with Crippen molar-refractivity contribution >= 4 is 52.5 Å². The smallest absolute Gasteiger partial charge is 0.328 e. The van der Waals surface area contributed by atoms with Gasteiger partial charge in [-0.25, -0.2) is 19.0 Å². The number of ether oxygens (including phenoxy) is 1. The maximum atomic E-state index is 13.8. The molecule has 1 fully saturated rings. The number of methoxy groups -OCH3 is 1. The van der Waals surface area contributed by atoms with Gasteiger partial charge < -0.3 is 30.6 Å². The van der Waals surface area contributed by atoms with E-state index in [-0.39, 0.29) is 48.2 Å². The number of aliphatic imine (C=N–C) groups is 1. The fourth-order valence-electron chi connectivity index (χ4n) is 6.41. The van der Waals surface area contributed by atoms with E-state index in [0.29, 0.717) is 56.2 Å². The second kappa shape index (κ2) is 17.0. The minimum atomic E-state index is -0.866. The molecule has 2 aliphatic rings. The van der Waals surface area contributed by atoms with Crippen LogP contribution < -0.4 is 21.5 Å². The van der Waals surface area contributed by atoms with Gasteiger partial charge in [-0.1, -0.05) is 42.5 Å². The van der Waals surface area contributed by atoms with Crippen LogP contribution in [0.5, 0.6) is 0 Å². The Balaban J connectivity index is 1.06. The molecule has 56 heavy (non-hydrogen) atoms. The van der Waals surface area contributed by atoms with Gasteiger partial charge in [-0.05, 0) is 41.0 Å². The van der Waals surface area contributed by atoms with Gasteiger partial charge in [0.15, 0.2) is 11.4 Å². The number of nitrogens with one attached hydrogen (secondary N) is 4. The number of benzene rings is 3. The van der Waals surface area contributed by atoms with E-state index in [1.54, 1.807) is 35.2 Å². The van der Waals surface area contributed by atoms with E-state index < -0.39 is 17.6 Å². The second-order valence-electron chi connectivity index (χ2n) is 13.2. The summed E-state index contributed by atoms with van der Waals surface area (Å²) in [5.41, 5.74) is 4.66. The van der Waals surface area contributed by atoms with Crippen LogP contribution in [0.15, 0.2) is 88.9 Å². The summed E-state index contributed by atoms with van der Waals surface area (Å²) in [6, 6.07) is 18.4. The first-order chi connectivity index (χ1) is 27.2. The summed E-state index contributed by atoms with van der Waals surface area (Å²) in [4.78, 5) is 70.0. The van der Waals surface area contributed by atoms with E-state index in [1.165, 1.54) is 31.6 Å². The van der Waals surface area contributed by atoms with E-state index in [0.717, 1.165) is 22.4 Å². The zero-order valence-electron chi connectivity index (χ0n) is 30.3. The Kier molecular flexibility index (Phi) is 11.3. The molecule has 4 heterocycles. The number of carbonyl (C=O) groups is 2. The van der Waals surface area contributed by atoms with Gasteiger partial charge in [0.2, 0.25) is 17.8 Å². The standard InChI is InChI=1S/C39H37FN12O4/c1-41-28-10-6-24(7-11-28)19-32(36(55)56-2)47-39-49-37(44-22-30-20-26-8-9-27(40)21-31(26)45-30)48-38(50-39)46-29-5-3-4-25(18-29)23-51-14-16-52(17-15-51)35(54)33-34(53)43-13-12-42-33/h3-13,18,21,32H,14-17,19-20,22-23H2,2H3,(H,43,53)(H3,44,46,47,48,49,50)/t32-/m1/s1. The first-order valence-electron chi connectivity index (χ1n) is 17.8. The monoisotopic (exact) mass is 756 g/mol. The minimum absolute atomic E-state index is 0.105. The minimum Gasteiger partial charge on any atom is -0.467 e. The fourth-order valence-corrected chi connectivity index (χ4v) is 6.41. The number of rotatable bonds is 13. The van der Waals surface area contributed by atoms with Gasteiger partial charge in [-0.15, -0.1) is 0 Å². The number of halogens is 1. The molecule has 0 saturated carbocycles. The van der Waals surface area contributed by atoms with Crippen molar-refractivity contribution in [2.75, 3.05) is 55.8 Å². The number of amides is 1. The zero-order chi connectivity index (χ0) is 39.0. The lowest BCUT2D eigenvalue weighted by Gasteiger charge is -2.34. The van der Waals surface area contributed by atoms with Gasteiger partial charge in [0.1, 0.15) is 11.9 Å². The normalized spacial score (nSPS) is 14.2. The lowest BCUT2D eigenvalue weighted by molar-refractivity contribution is -0.141. The third-order valence-electron chi connectivity index (χ3n) is 9.26. The molecule has 0 bridgehead atoms. The Morgan fingerprint density at radius 2 is 1.77 bits per heavy atom. The van der Waals surface area contributed by atoms with Crippen molar-refractivity contribution in [3.8, 4) is 0 Å². The Hall–Kier alpha value is -7.06. The van der Waals surface area contributed by atoms with E-state index in [9.17, 15) is 18.8 Å². The fraction of sp³-hybridized carbons (Fsp3) is 0.256. The SMILES string of the molecule is [C-]#[N+]c1ccc(C[C@@H](Nc2nc(NCC3=Nc4cc(F)ccc4C3)nc(Nc3cccc(CN4CCN(C(=O)c5ncc[nH]c5=O)CC4)c3)n2)C(=O)OC)cc1. The molecule has 7 rings (SSSR count). The van der Waals surface area contributed by atoms with Crippen LogP contribution in [0.4, 0.5) is 39.3 Å². The highest BCUT2D eigenvalue weighted by Gasteiger charge is 2.25. The van der Waals surface area contributed by atoms with Gasteiger partial charge in [-0.2, -0.15) is 15.0 Å². The number of fused-ring (bicyclic) bond motifs is 1. The highest BCUT2D eigenvalue weighted by molar-refractivity contribution is 5.96. The van der Waals surface area contributed by atoms with E-state index in [4.69, 9.17) is 11.3 Å². The summed E-state index contributed by atoms with van der Waals surface area (Å²) >= 11 is 0. The number of esters is 1. The molecule has 0 unspecified atom stereocenters. The molecular weight excluding hydrogens is 720 g/mol. The highest BCUT2D eigenvalue weighted by atomic mass is 19.1. The maximum absolute atomic E-state index is 13.8. The second-order valence-corrected chi connectivity index (χ2v) is 13.2. The first kappa shape index (κ1) is 37.3. The van der Waals surface area contributed by atoms with Crippen molar-refractivity contribution in [1.29, 1.82) is 0 Å². The van der Waals surface area contributed by atoms with Crippen LogP contribution in [0.2, 0.25) is 0 Å². The van der Waals surface area contributed by atoms with Crippen molar-refractivity contribution in [2.24, 2.45) is 4.99 Å². The molecule has 5 aromatic rings. The van der Waals surface area contributed by atoms with Gasteiger partial charge in [0, 0.05) is 69.4 Å². The molecule has 16 nitrogen and oxygen atoms in total. The predicted octanol–water partition coefficient (Wildman–Crippen LogP) is 4.28. The molecule has 0 aliphatic carbocycles. The van der Waals surface area contributed by atoms with Gasteiger partial charge in [0.05, 0.1) is 25.9 Å². The van der Waals surface area contributed by atoms with Crippen molar-refractivity contribution in [3.05, 3.63) is 129 Å². The average Bonchev–Trinajstić information content (AvgIpc) is 3.62. The van der Waals surface area contributed by atoms with Crippen LogP contribution in [0.3, 0.4) is 0 Å². The Morgan fingerprint density at radius 1 is 0.982 bits per heavy atom. The van der Waals surface area contributed by atoms with Crippen LogP contribution in [-0.2, 0) is 28.9 Å². The molecule has 1 amide bonds. The maximum Gasteiger partial charge on any atom is 0.328 e. The molecule has 0 radical (unpaired) electrons. The van der Waals surface area contributed by atoms with Crippen LogP contribution in [0.25, 0.3) is 4.85 Å². The summed E-state index contributed by atoms with van der Waals surface area (Å²) in [5, 5.41) is 9.57. The molecule has 1 atom stereocenters. The number of aromatic nitrogens is 5. The number of piperazine rings is 1. The molecule has 2 aliphatic heterocycles. The van der Waals surface area contributed by atoms with Crippen LogP contribution in [0.1, 0.15) is 27.2 Å². The third kappa shape index (κ3) is 9.17. The Labute approximate surface area is 320 Å². The van der Waals surface area contributed by atoms with Crippen LogP contribution >= 0.6 is 0 Å². The summed E-state index contributed by atoms with van der Waals surface area (Å²) in [6.07, 6.45) is 3.57. The van der Waals surface area contributed by atoms with Crippen molar-refractivity contribution < 1.29 is 18.7 Å². The van der Waals surface area contributed by atoms with Gasteiger partial charge in [0.25, 0.3) is 11.5 Å². The quantitative estimate of drug-likeness (QED) is 0.0989. The topological polar surface area (TPSA) is 187 Å². The number of hydrogen-bond acceptors (Lipinski definition) is 13. The highest BCUT2D eigenvalue weighted by Crippen LogP contribution is 2.28. The van der Waals surface area contributed by atoms with Crippen LogP contribution in [-0.4, -0.2) is 98.2 Å². The molecule has 2 aromatic heterocycles. The largest absolute Gasteiger partial charge is 0.467 e. The molecule has 284 valence electrons. The number of hydrogen-bond donors (Lipinski definition) is 4. The Morgan fingerprint density at radius 3 is 2.54 bits per heavy atom. The number of H-pyrrole nitrogens is 1. The molecular formula is C39H37FN12O4. The predicted molar refractivity (Wildman–Crippen MR) is 207 cm³/mol. The summed E-state index contributed by atoms with van der Waals surface area (Å²) in [5.74, 6) is -0.765. The molecule has 0 spiro atoms. The molecule has 17 heteroatoms. The molecule has 1 saturated heterocycles. The van der Waals surface area contributed by atoms with Crippen molar-refractivity contribution in [2.45, 2.75) is 25.4 Å². The summed E-state index contributed by atoms with van der Waals surface area (Å²) < 4.78 is 18.9. The van der Waals surface area contributed by atoms with E-state index >= 15 is 0 Å². The van der Waals surface area contributed by atoms with Crippen molar-refractivity contribution in [1.82, 2.24) is 34.7 Å². The number of anilines is 4. The van der Waals surface area contributed by atoms with Crippen molar-refractivity contribution in [3.63, 3.8) is 0 Å². The van der Waals surface area contributed by atoms with E-state index in [1.807, 2.05) is 24.3 Å². The first-order valence-corrected chi connectivity index (χ1v) is 17.8. The summed E-state index contributed by atoms with van der Waals surface area (Å²) in [7, 11) is 1.30. The molecule has 4 N–H and O–H groups in total. The lowest BCUT2D eigenvalue weighted by atomic mass is 10.1. The number of carbonyl (C=O) groups excluding carboxylic acids is 2. The van der Waals surface area contributed by atoms with Gasteiger partial charge in [-0.3, -0.25) is 19.5 Å². The Bertz CT molecular complexity index is 2370. The number of nitrogens with zero attached hydrogens (tertiary/aromatic N) is 8. The third-order valence-corrected chi connectivity index (χ3v) is 9.26. The van der Waals surface area contributed by atoms with Gasteiger partial charge >= 0.3 is 5.97 Å². The summed E-state index contributed by atoms with van der Waals surface area (Å²) in [6.45, 7) is 10.3. The lowest BCUT2D eigenvalue weighted by Crippen LogP contribution is -2.49. The van der Waals surface area contributed by atoms with E-state index in [2.05, 4.69) is 55.6 Å². The van der Waals surface area contributed by atoms with Crippen LogP contribution in [0, 0.1) is 12.4 Å². The average molecular weight is 757 g/mol.